The van der Waals surface area contributed by atoms with E-state index in [0.29, 0.717) is 12.5 Å². The van der Waals surface area contributed by atoms with Crippen LogP contribution in [0.15, 0.2) is 18.2 Å². The largest absolute Gasteiger partial charge is 0.469 e. The van der Waals surface area contributed by atoms with Crippen molar-refractivity contribution in [3.63, 3.8) is 0 Å². The van der Waals surface area contributed by atoms with Crippen molar-refractivity contribution in [2.24, 2.45) is 0 Å². The topological polar surface area (TPSA) is 64.8 Å². The van der Waals surface area contributed by atoms with Gasteiger partial charge in [-0.25, -0.2) is 0 Å². The normalized spacial score (nSPS) is 15.8. The number of methoxy groups -OCH3 is 1. The van der Waals surface area contributed by atoms with E-state index in [9.17, 15) is 4.79 Å². The second-order valence-corrected chi connectivity index (χ2v) is 7.45. The third kappa shape index (κ3) is 4.88. The molecule has 5 nitrogen and oxygen atoms in total. The summed E-state index contributed by atoms with van der Waals surface area (Å²) in [6.45, 7) is 8.89. The van der Waals surface area contributed by atoms with Crippen molar-refractivity contribution in [2.75, 3.05) is 37.5 Å². The Morgan fingerprint density at radius 1 is 1.36 bits per heavy atom. The van der Waals surface area contributed by atoms with Crippen LogP contribution >= 0.6 is 0 Å². The third-order valence-corrected chi connectivity index (χ3v) is 5.03. The molecule has 1 aliphatic heterocycles. The smallest absolute Gasteiger partial charge is 0.306 e. The van der Waals surface area contributed by atoms with Gasteiger partial charge in [-0.3, -0.25) is 4.79 Å². The molecule has 1 saturated heterocycles. The predicted octanol–water partition coefficient (Wildman–Crippen LogP) is 3.50. The quantitative estimate of drug-likeness (QED) is 0.603. The molecule has 0 aromatic heterocycles. The molecule has 0 bridgehead atoms. The molecule has 140 valence electrons. The fourth-order valence-electron chi connectivity index (χ4n) is 3.51. The molecule has 1 heterocycles. The van der Waals surface area contributed by atoms with Crippen LogP contribution in [0.3, 0.4) is 0 Å². The van der Waals surface area contributed by atoms with Crippen LogP contribution < -0.4 is 10.6 Å². The first-order valence-electron chi connectivity index (χ1n) is 9.20. The second-order valence-electron chi connectivity index (χ2n) is 7.45. The standard InChI is InChI=1S/C20H32N2O3/c1-5-10-22(16-8-11-25-12-9-16)18-7-6-15(13-17(18)21)20(2,3)14-19(23)24-4/h6-7,13,16H,5,8-12,14,21H2,1-4H3. The summed E-state index contributed by atoms with van der Waals surface area (Å²) in [5.41, 5.74) is 9.04. The number of nitrogens with zero attached hydrogens (tertiary/aromatic N) is 1. The van der Waals surface area contributed by atoms with Crippen LogP contribution in [-0.2, 0) is 19.7 Å². The summed E-state index contributed by atoms with van der Waals surface area (Å²) in [5, 5.41) is 0. The number of rotatable bonds is 7. The van der Waals surface area contributed by atoms with E-state index in [-0.39, 0.29) is 11.4 Å². The molecule has 0 spiro atoms. The lowest BCUT2D eigenvalue weighted by Gasteiger charge is -2.37. The lowest BCUT2D eigenvalue weighted by Crippen LogP contribution is -2.40. The van der Waals surface area contributed by atoms with Crippen molar-refractivity contribution in [1.29, 1.82) is 0 Å². The molecule has 0 unspecified atom stereocenters. The highest BCUT2D eigenvalue weighted by Crippen LogP contribution is 2.34. The Kier molecular flexibility index (Phi) is 6.71. The minimum Gasteiger partial charge on any atom is -0.469 e. The lowest BCUT2D eigenvalue weighted by atomic mass is 9.81. The number of ether oxygens (including phenoxy) is 2. The first-order chi connectivity index (χ1) is 11.9. The van der Waals surface area contributed by atoms with Crippen LogP contribution in [0.5, 0.6) is 0 Å². The van der Waals surface area contributed by atoms with Gasteiger partial charge in [-0.05, 0) is 37.0 Å². The van der Waals surface area contributed by atoms with E-state index in [2.05, 4.69) is 24.0 Å². The molecule has 0 aliphatic carbocycles. The van der Waals surface area contributed by atoms with Crippen molar-refractivity contribution >= 4 is 17.3 Å². The van der Waals surface area contributed by atoms with E-state index in [1.54, 1.807) is 0 Å². The number of esters is 1. The molecule has 0 radical (unpaired) electrons. The van der Waals surface area contributed by atoms with Crippen LogP contribution in [0.2, 0.25) is 0 Å². The SMILES string of the molecule is CCCN(c1ccc(C(C)(C)CC(=O)OC)cc1N)C1CCOCC1. The maximum absolute atomic E-state index is 11.7. The second kappa shape index (κ2) is 8.56. The highest BCUT2D eigenvalue weighted by atomic mass is 16.5. The molecular weight excluding hydrogens is 316 g/mol. The predicted molar refractivity (Wildman–Crippen MR) is 102 cm³/mol. The van der Waals surface area contributed by atoms with Gasteiger partial charge in [-0.2, -0.15) is 0 Å². The summed E-state index contributed by atoms with van der Waals surface area (Å²) in [6, 6.07) is 6.69. The summed E-state index contributed by atoms with van der Waals surface area (Å²) in [5.74, 6) is -0.206. The van der Waals surface area contributed by atoms with Crippen molar-refractivity contribution in [3.8, 4) is 0 Å². The van der Waals surface area contributed by atoms with E-state index in [4.69, 9.17) is 15.2 Å². The van der Waals surface area contributed by atoms with E-state index in [0.717, 1.165) is 56.0 Å². The van der Waals surface area contributed by atoms with Crippen LogP contribution in [-0.4, -0.2) is 38.9 Å². The van der Waals surface area contributed by atoms with Gasteiger partial charge in [0, 0.05) is 31.2 Å². The average molecular weight is 348 g/mol. The highest BCUT2D eigenvalue weighted by Gasteiger charge is 2.27. The maximum Gasteiger partial charge on any atom is 0.306 e. The Labute approximate surface area is 151 Å². The number of carbonyl (C=O) groups is 1. The monoisotopic (exact) mass is 348 g/mol. The minimum absolute atomic E-state index is 0.206. The molecule has 5 heteroatoms. The summed E-state index contributed by atoms with van der Waals surface area (Å²) in [4.78, 5) is 14.1. The van der Waals surface area contributed by atoms with Crippen LogP contribution in [0.1, 0.15) is 52.0 Å². The average Bonchev–Trinajstić information content (AvgIpc) is 2.60. The molecule has 1 aliphatic rings. The Hall–Kier alpha value is -1.75. The van der Waals surface area contributed by atoms with Crippen LogP contribution in [0.4, 0.5) is 11.4 Å². The molecule has 0 saturated carbocycles. The number of carbonyl (C=O) groups excluding carboxylic acids is 1. The van der Waals surface area contributed by atoms with E-state index < -0.39 is 0 Å². The fourth-order valence-corrected chi connectivity index (χ4v) is 3.51. The molecule has 0 atom stereocenters. The molecule has 1 aromatic rings. The maximum atomic E-state index is 11.7. The van der Waals surface area contributed by atoms with Gasteiger partial charge in [0.1, 0.15) is 0 Å². The zero-order valence-electron chi connectivity index (χ0n) is 16.0. The van der Waals surface area contributed by atoms with Gasteiger partial charge in [-0.15, -0.1) is 0 Å². The Balaban J connectivity index is 2.25. The van der Waals surface area contributed by atoms with Crippen molar-refractivity contribution in [2.45, 2.75) is 57.9 Å². The van der Waals surface area contributed by atoms with Gasteiger partial charge in [0.2, 0.25) is 0 Å². The molecule has 0 amide bonds. The number of benzene rings is 1. The van der Waals surface area contributed by atoms with Gasteiger partial charge in [0.05, 0.1) is 24.9 Å². The Bertz CT molecular complexity index is 580. The van der Waals surface area contributed by atoms with Crippen molar-refractivity contribution in [3.05, 3.63) is 23.8 Å². The van der Waals surface area contributed by atoms with E-state index >= 15 is 0 Å². The number of hydrogen-bond donors (Lipinski definition) is 1. The molecule has 1 fully saturated rings. The molecular formula is C20H32N2O3. The summed E-state index contributed by atoms with van der Waals surface area (Å²) in [7, 11) is 1.42. The summed E-state index contributed by atoms with van der Waals surface area (Å²) in [6.07, 6.45) is 3.48. The van der Waals surface area contributed by atoms with Gasteiger partial charge >= 0.3 is 5.97 Å². The Morgan fingerprint density at radius 2 is 2.04 bits per heavy atom. The first kappa shape index (κ1) is 19.6. The molecule has 25 heavy (non-hydrogen) atoms. The van der Waals surface area contributed by atoms with Gasteiger partial charge in [-0.1, -0.05) is 26.8 Å². The molecule has 2 N–H and O–H groups in total. The fraction of sp³-hybridized carbons (Fsp3) is 0.650. The summed E-state index contributed by atoms with van der Waals surface area (Å²) < 4.78 is 10.3. The zero-order chi connectivity index (χ0) is 18.4. The van der Waals surface area contributed by atoms with E-state index in [1.807, 2.05) is 19.9 Å². The minimum atomic E-state index is -0.311. The molecule has 1 aromatic carbocycles. The van der Waals surface area contributed by atoms with Crippen LogP contribution in [0, 0.1) is 0 Å². The first-order valence-corrected chi connectivity index (χ1v) is 9.20. The van der Waals surface area contributed by atoms with Gasteiger partial charge < -0.3 is 20.1 Å². The molecule has 2 rings (SSSR count). The highest BCUT2D eigenvalue weighted by molar-refractivity contribution is 5.73. The number of hydrogen-bond acceptors (Lipinski definition) is 5. The van der Waals surface area contributed by atoms with Crippen LogP contribution in [0.25, 0.3) is 0 Å². The third-order valence-electron chi connectivity index (χ3n) is 5.03. The van der Waals surface area contributed by atoms with Gasteiger partial charge in [0.15, 0.2) is 0 Å². The summed E-state index contributed by atoms with van der Waals surface area (Å²) >= 11 is 0. The number of nitrogen functional groups attached to an aromatic ring is 1. The lowest BCUT2D eigenvalue weighted by molar-refractivity contribution is -0.141. The van der Waals surface area contributed by atoms with Gasteiger partial charge in [0.25, 0.3) is 0 Å². The van der Waals surface area contributed by atoms with Crippen molar-refractivity contribution < 1.29 is 14.3 Å². The van der Waals surface area contributed by atoms with E-state index in [1.165, 1.54) is 7.11 Å². The zero-order valence-corrected chi connectivity index (χ0v) is 16.0. The van der Waals surface area contributed by atoms with Crippen molar-refractivity contribution in [1.82, 2.24) is 0 Å². The number of nitrogens with two attached hydrogens (primary N) is 1. The Morgan fingerprint density at radius 3 is 2.60 bits per heavy atom. The number of anilines is 2.